The van der Waals surface area contributed by atoms with Gasteiger partial charge in [0.1, 0.15) is 13.1 Å². The highest BCUT2D eigenvalue weighted by atomic mass is 16.5. The van der Waals surface area contributed by atoms with Crippen LogP contribution in [-0.4, -0.2) is 115 Å². The Morgan fingerprint density at radius 1 is 0.483 bits per heavy atom. The molecule has 0 amide bonds. The van der Waals surface area contributed by atoms with Crippen LogP contribution in [0.25, 0.3) is 0 Å². The number of aliphatic hydroxyl groups is 3. The Hall–Kier alpha value is -3.70. The molecule has 12 aliphatic carbocycles. The summed E-state index contributed by atoms with van der Waals surface area (Å²) in [6.07, 6.45) is 38.4. The van der Waals surface area contributed by atoms with Gasteiger partial charge >= 0.3 is 0 Å². The van der Waals surface area contributed by atoms with Gasteiger partial charge in [-0.1, -0.05) is 50.3 Å². The van der Waals surface area contributed by atoms with Crippen molar-refractivity contribution in [3.8, 4) is 0 Å². The number of methoxy groups -OCH3 is 2. The number of hydrogen-bond acceptors (Lipinski definition) is 13. The van der Waals surface area contributed by atoms with Crippen molar-refractivity contribution in [2.75, 3.05) is 14.2 Å². The van der Waals surface area contributed by atoms with E-state index in [1.165, 1.54) is 68.2 Å². The first-order valence-corrected chi connectivity index (χ1v) is 35.9. The van der Waals surface area contributed by atoms with E-state index in [2.05, 4.69) is 72.0 Å². The number of hydrogen-bond donors (Lipinski definition) is 3. The maximum Gasteiger partial charge on any atom is 0.159 e. The highest BCUT2D eigenvalue weighted by molar-refractivity contribution is 5.82. The second-order valence-corrected chi connectivity index (χ2v) is 34.0. The molecular formula is C73H113N9O7. The quantitative estimate of drug-likeness (QED) is 0.153. The molecule has 89 heavy (non-hydrogen) atoms. The van der Waals surface area contributed by atoms with Gasteiger partial charge in [0.05, 0.1) is 60.3 Å². The van der Waals surface area contributed by atoms with Gasteiger partial charge in [-0.2, -0.15) is 15.0 Å². The molecule has 0 aromatic carbocycles. The number of allylic oxidation sites excluding steroid dienone is 1. The first-order chi connectivity index (χ1) is 42.4. The van der Waals surface area contributed by atoms with E-state index in [1.54, 1.807) is 35.7 Å². The molecule has 0 unspecified atom stereocenters. The van der Waals surface area contributed by atoms with Gasteiger partial charge in [-0.25, -0.2) is 9.36 Å². The molecule has 0 saturated heterocycles. The molecular weight excluding hydrogens is 1110 g/mol. The molecule has 3 N–H and O–H groups in total. The molecule has 12 fully saturated rings. The van der Waals surface area contributed by atoms with E-state index in [0.29, 0.717) is 89.3 Å². The van der Waals surface area contributed by atoms with Crippen LogP contribution in [0.4, 0.5) is 0 Å². The first kappa shape index (κ1) is 64.0. The zero-order valence-corrected chi connectivity index (χ0v) is 55.9. The number of ketones is 2. The predicted octanol–water partition coefficient (Wildman–Crippen LogP) is 12.1. The lowest BCUT2D eigenvalue weighted by Crippen LogP contribution is -2.55. The highest BCUT2D eigenvalue weighted by Gasteiger charge is 2.64. The monoisotopic (exact) mass is 1230 g/mol. The Morgan fingerprint density at radius 3 is 1.42 bits per heavy atom. The second-order valence-electron chi connectivity index (χ2n) is 34.0. The molecule has 0 aliphatic heterocycles. The summed E-state index contributed by atoms with van der Waals surface area (Å²) < 4.78 is 15.7. The van der Waals surface area contributed by atoms with Crippen LogP contribution in [-0.2, 0) is 38.7 Å². The van der Waals surface area contributed by atoms with Crippen LogP contribution in [0.3, 0.4) is 0 Å². The van der Waals surface area contributed by atoms with Gasteiger partial charge < -0.3 is 24.8 Å². The smallest absolute Gasteiger partial charge is 0.159 e. The Labute approximate surface area is 532 Å². The molecule has 27 atom stereocenters. The molecule has 492 valence electrons. The van der Waals surface area contributed by atoms with Crippen molar-refractivity contribution in [3.05, 3.63) is 49.3 Å². The number of rotatable bonds is 11. The third kappa shape index (κ3) is 11.8. The Morgan fingerprint density at radius 2 is 0.921 bits per heavy atom. The van der Waals surface area contributed by atoms with Gasteiger partial charge in [-0.05, 0) is 292 Å². The number of fused-ring (bicyclic) bond motifs is 15. The highest BCUT2D eigenvalue weighted by Crippen LogP contribution is 2.69. The van der Waals surface area contributed by atoms with E-state index < -0.39 is 16.8 Å². The van der Waals surface area contributed by atoms with Crippen molar-refractivity contribution in [2.24, 2.45) is 129 Å². The maximum atomic E-state index is 13.2. The van der Waals surface area contributed by atoms with Crippen LogP contribution in [0.15, 0.2) is 49.3 Å². The van der Waals surface area contributed by atoms with E-state index >= 15 is 0 Å². The number of nitrogens with zero attached hydrogens (tertiary/aromatic N) is 9. The van der Waals surface area contributed by atoms with Gasteiger partial charge in [0, 0.05) is 38.4 Å². The summed E-state index contributed by atoms with van der Waals surface area (Å²) in [5.74, 6) is 12.5. The van der Waals surface area contributed by atoms with Crippen LogP contribution >= 0.6 is 0 Å². The van der Waals surface area contributed by atoms with Crippen LogP contribution in [0.1, 0.15) is 203 Å². The van der Waals surface area contributed by atoms with Crippen LogP contribution in [0, 0.1) is 129 Å². The van der Waals surface area contributed by atoms with Crippen molar-refractivity contribution >= 4 is 11.6 Å². The van der Waals surface area contributed by atoms with E-state index in [-0.39, 0.29) is 34.9 Å². The predicted molar refractivity (Wildman–Crippen MR) is 340 cm³/mol. The molecule has 3 aromatic heterocycles. The SMILES string of the molecule is C=C(Cn1ccnn1)[C@H]1CC[C@H]2[C@@H]3CC[C@H]4C[C@](C)(O)[C@@H](C)C[C@@H]4[C@H]3CC[C@]12C.CO[C@@H]1C[C@@H]2[C@H](CC[C@]3(C)[C@@H](C(=O)Cn4ccnn4)CC[C@@H]23)[C@H]2CC[C@@](C)(O)C[C@@H]21.CO[C@@H]1C[C@@H]2[C@H](CC[C@]3(C)[C@@H](C(=O)Cn4nccn4)CC[C@@H]23)[C@H]2CC[C@@](C)(O)C[C@@H]21. The third-order valence-electron chi connectivity index (χ3n) is 29.7. The Balaban J connectivity index is 0.000000123. The largest absolute Gasteiger partial charge is 0.390 e. The molecule has 12 saturated carbocycles. The minimum Gasteiger partial charge on any atom is -0.390 e. The van der Waals surface area contributed by atoms with E-state index in [0.717, 1.165) is 144 Å². The minimum atomic E-state index is -0.542. The lowest BCUT2D eigenvalue weighted by atomic mass is 9.48. The van der Waals surface area contributed by atoms with E-state index in [1.807, 2.05) is 38.9 Å². The van der Waals surface area contributed by atoms with Crippen LogP contribution in [0.2, 0.25) is 0 Å². The number of Topliss-reactive ketones (excluding diaryl/α,β-unsaturated/α-hetero) is 2. The van der Waals surface area contributed by atoms with Crippen molar-refractivity contribution in [1.82, 2.24) is 45.0 Å². The van der Waals surface area contributed by atoms with Crippen LogP contribution < -0.4 is 0 Å². The molecule has 12 aliphatic rings. The van der Waals surface area contributed by atoms with Gasteiger partial charge in [-0.15, -0.1) is 10.2 Å². The maximum absolute atomic E-state index is 13.2. The number of aromatic nitrogens is 9. The van der Waals surface area contributed by atoms with Gasteiger partial charge in [0.15, 0.2) is 11.6 Å². The zero-order chi connectivity index (χ0) is 62.6. The van der Waals surface area contributed by atoms with Gasteiger partial charge in [-0.3, -0.25) is 9.59 Å². The number of carbonyl (C=O) groups excluding carboxylic acids is 2. The molecule has 3 heterocycles. The normalized spacial score (nSPS) is 48.3. The minimum absolute atomic E-state index is 0.0939. The summed E-state index contributed by atoms with van der Waals surface area (Å²) in [6, 6.07) is 0. The number of ether oxygens (including phenoxy) is 2. The summed E-state index contributed by atoms with van der Waals surface area (Å²) in [7, 11) is 3.71. The fourth-order valence-corrected chi connectivity index (χ4v) is 25.4. The summed E-state index contributed by atoms with van der Waals surface area (Å²) in [5, 5.41) is 56.6. The standard InChI is InChI=1S/C25H39N3O.2C24H37N3O3/c1-16(15-28-12-11-26-27-28)22-7-8-23-20-6-5-18-14-25(4,29)17(2)13-21(18)19(20)9-10-24(22,23)3;1-23(29)8-6-16-15-7-9-24(2)19(17(15)12-22(30-3)18(16)13-23)4-5-20(24)21(28)14-27-11-10-25-26-27;1-23(29)8-6-16-15-7-9-24(2)19(17(15)12-22(30-3)18(16)13-23)4-5-20(24)21(28)14-27-25-10-11-26-27/h11-12,17-23,29H,1,5-10,13-15H2,2-4H3;2*10-11,15-20,22,29H,4-9,12-14H2,1-3H3/t17-,18-,19-,20+,21-,22+,23-,24+,25-;2*15-,16-,17-,18+,19+,20-,22-,23-,24+/m011/s1. The zero-order valence-electron chi connectivity index (χ0n) is 55.9. The molecule has 0 radical (unpaired) electrons. The molecule has 15 rings (SSSR count). The van der Waals surface area contributed by atoms with E-state index in [9.17, 15) is 24.9 Å². The fourth-order valence-electron chi connectivity index (χ4n) is 25.4. The van der Waals surface area contributed by atoms with Crippen LogP contribution in [0.5, 0.6) is 0 Å². The molecule has 16 heteroatoms. The second kappa shape index (κ2) is 24.6. The van der Waals surface area contributed by atoms with Gasteiger partial charge in [0.25, 0.3) is 0 Å². The molecule has 16 nitrogen and oxygen atoms in total. The van der Waals surface area contributed by atoms with Crippen molar-refractivity contribution < 1.29 is 34.4 Å². The Kier molecular flexibility index (Phi) is 17.7. The van der Waals surface area contributed by atoms with Gasteiger partial charge in [0.2, 0.25) is 0 Å². The van der Waals surface area contributed by atoms with Crippen molar-refractivity contribution in [1.29, 1.82) is 0 Å². The fraction of sp³-hybridized carbons (Fsp3) is 0.863. The lowest BCUT2D eigenvalue weighted by Gasteiger charge is -2.58. The molecule has 0 spiro atoms. The average molecular weight is 1230 g/mol. The molecule has 0 bridgehead atoms. The molecule has 3 aromatic rings. The third-order valence-corrected chi connectivity index (χ3v) is 29.7. The first-order valence-electron chi connectivity index (χ1n) is 35.9. The summed E-state index contributed by atoms with van der Waals surface area (Å²) in [4.78, 5) is 27.9. The topological polar surface area (TPSA) is 205 Å². The summed E-state index contributed by atoms with van der Waals surface area (Å²) in [6.45, 7) is 21.7. The van der Waals surface area contributed by atoms with Crippen molar-refractivity contribution in [3.63, 3.8) is 0 Å². The van der Waals surface area contributed by atoms with E-state index in [4.69, 9.17) is 9.47 Å². The van der Waals surface area contributed by atoms with Crippen molar-refractivity contribution in [2.45, 2.75) is 251 Å². The Bertz CT molecular complexity index is 2800. The average Bonchev–Trinajstić information content (AvgIpc) is 1.74. The lowest BCUT2D eigenvalue weighted by molar-refractivity contribution is -0.155. The summed E-state index contributed by atoms with van der Waals surface area (Å²) in [5.41, 5.74) is 0.432. The summed E-state index contributed by atoms with van der Waals surface area (Å²) >= 11 is 0. The number of carbonyl (C=O) groups is 2.